The molecule has 5 heteroatoms. The van der Waals surface area contributed by atoms with Crippen LogP contribution in [-0.2, 0) is 14.1 Å². The van der Waals surface area contributed by atoms with Gasteiger partial charge < -0.3 is 9.30 Å². The highest BCUT2D eigenvalue weighted by atomic mass is 35.5. The zero-order chi connectivity index (χ0) is 20.9. The van der Waals surface area contributed by atoms with E-state index in [0.29, 0.717) is 21.2 Å². The Morgan fingerprint density at radius 1 is 0.931 bits per heavy atom. The van der Waals surface area contributed by atoms with Gasteiger partial charge in [0.05, 0.1) is 12.3 Å². The first-order valence-electron chi connectivity index (χ1n) is 9.30. The fraction of sp³-hybridized carbons (Fsp3) is 0.125. The summed E-state index contributed by atoms with van der Waals surface area (Å²) in [6, 6.07) is 25.5. The standard InChI is InChI=1S/C24H22ClO3P/c1-3-28-24(26)18(2)23(19-14-16-20(25)17-15-19)29(27,21-10-6-4-7-11-21)22-12-8-5-9-13-22/h4-17,23H,2-3H2,1H3. The molecule has 0 saturated heterocycles. The normalized spacial score (nSPS) is 12.2. The van der Waals surface area contributed by atoms with Crippen LogP contribution in [0.4, 0.5) is 0 Å². The van der Waals surface area contributed by atoms with Gasteiger partial charge in [-0.2, -0.15) is 0 Å². The quantitative estimate of drug-likeness (QED) is 0.285. The second kappa shape index (κ2) is 9.26. The van der Waals surface area contributed by atoms with Crippen LogP contribution >= 0.6 is 18.7 Å². The lowest BCUT2D eigenvalue weighted by atomic mass is 10.1. The summed E-state index contributed by atoms with van der Waals surface area (Å²) < 4.78 is 20.1. The van der Waals surface area contributed by atoms with Crippen molar-refractivity contribution in [3.63, 3.8) is 0 Å². The minimum atomic E-state index is -3.35. The lowest BCUT2D eigenvalue weighted by Crippen LogP contribution is -2.25. The van der Waals surface area contributed by atoms with Crippen molar-refractivity contribution in [2.24, 2.45) is 0 Å². The van der Waals surface area contributed by atoms with E-state index in [1.807, 2.05) is 60.7 Å². The van der Waals surface area contributed by atoms with E-state index < -0.39 is 18.8 Å². The molecule has 3 nitrogen and oxygen atoms in total. The predicted molar refractivity (Wildman–Crippen MR) is 120 cm³/mol. The lowest BCUT2D eigenvalue weighted by Gasteiger charge is -2.30. The van der Waals surface area contributed by atoms with Crippen molar-refractivity contribution in [1.29, 1.82) is 0 Å². The molecule has 0 N–H and O–H groups in total. The van der Waals surface area contributed by atoms with Gasteiger partial charge in [-0.05, 0) is 24.6 Å². The molecule has 1 unspecified atom stereocenters. The fourth-order valence-corrected chi connectivity index (χ4v) is 6.74. The Hall–Kier alpha value is -2.61. The monoisotopic (exact) mass is 424 g/mol. The molecule has 3 aromatic carbocycles. The average molecular weight is 425 g/mol. The smallest absolute Gasteiger partial charge is 0.334 e. The lowest BCUT2D eigenvalue weighted by molar-refractivity contribution is -0.138. The van der Waals surface area contributed by atoms with Gasteiger partial charge in [-0.1, -0.05) is 91.0 Å². The molecule has 0 aliphatic heterocycles. The highest BCUT2D eigenvalue weighted by Gasteiger charge is 2.41. The zero-order valence-corrected chi connectivity index (χ0v) is 17.8. The molecule has 0 aliphatic rings. The number of hydrogen-bond acceptors (Lipinski definition) is 3. The maximum atomic E-state index is 14.9. The van der Waals surface area contributed by atoms with Gasteiger partial charge in [-0.15, -0.1) is 0 Å². The molecule has 29 heavy (non-hydrogen) atoms. The largest absolute Gasteiger partial charge is 0.463 e. The molecule has 0 aliphatic carbocycles. The molecule has 0 fully saturated rings. The van der Waals surface area contributed by atoms with Gasteiger partial charge in [0.1, 0.15) is 0 Å². The van der Waals surface area contributed by atoms with Crippen molar-refractivity contribution in [3.05, 3.63) is 108 Å². The average Bonchev–Trinajstić information content (AvgIpc) is 2.76. The van der Waals surface area contributed by atoms with Crippen LogP contribution in [0.3, 0.4) is 0 Å². The molecule has 1 atom stereocenters. The number of carbonyl (C=O) groups is 1. The minimum Gasteiger partial charge on any atom is -0.463 e. The molecule has 0 bridgehead atoms. The number of esters is 1. The highest BCUT2D eigenvalue weighted by molar-refractivity contribution is 7.79. The van der Waals surface area contributed by atoms with Crippen molar-refractivity contribution in [1.82, 2.24) is 0 Å². The van der Waals surface area contributed by atoms with Crippen molar-refractivity contribution >= 4 is 35.3 Å². The van der Waals surface area contributed by atoms with Gasteiger partial charge in [0, 0.05) is 21.2 Å². The molecular weight excluding hydrogens is 403 g/mol. The van der Waals surface area contributed by atoms with Crippen molar-refractivity contribution in [2.45, 2.75) is 12.6 Å². The summed E-state index contributed by atoms with van der Waals surface area (Å²) in [4.78, 5) is 12.7. The zero-order valence-electron chi connectivity index (χ0n) is 16.1. The first-order chi connectivity index (χ1) is 14.0. The number of benzene rings is 3. The maximum Gasteiger partial charge on any atom is 0.334 e. The SMILES string of the molecule is C=C(C(=O)OCC)C(c1ccc(Cl)cc1)P(=O)(c1ccccc1)c1ccccc1. The first kappa shape index (κ1) is 21.1. The van der Waals surface area contributed by atoms with E-state index in [0.717, 1.165) is 0 Å². The summed E-state index contributed by atoms with van der Waals surface area (Å²) >= 11 is 6.07. The van der Waals surface area contributed by atoms with E-state index >= 15 is 0 Å². The number of hydrogen-bond donors (Lipinski definition) is 0. The Morgan fingerprint density at radius 3 is 1.86 bits per heavy atom. The van der Waals surface area contributed by atoms with E-state index in [1.165, 1.54) is 0 Å². The van der Waals surface area contributed by atoms with Crippen LogP contribution in [0.15, 0.2) is 97.1 Å². The highest BCUT2D eigenvalue weighted by Crippen LogP contribution is 2.60. The van der Waals surface area contributed by atoms with Crippen LogP contribution < -0.4 is 10.6 Å². The van der Waals surface area contributed by atoms with Crippen LogP contribution in [0.5, 0.6) is 0 Å². The van der Waals surface area contributed by atoms with Crippen LogP contribution in [0, 0.1) is 0 Å². The molecule has 0 radical (unpaired) electrons. The Morgan fingerprint density at radius 2 is 1.41 bits per heavy atom. The summed E-state index contributed by atoms with van der Waals surface area (Å²) in [6.07, 6.45) is 0. The van der Waals surface area contributed by atoms with Gasteiger partial charge in [0.25, 0.3) is 0 Å². The maximum absolute atomic E-state index is 14.9. The third-order valence-electron chi connectivity index (χ3n) is 4.70. The number of rotatable bonds is 7. The number of ether oxygens (including phenoxy) is 1. The van der Waals surface area contributed by atoms with Crippen LogP contribution in [0.2, 0.25) is 5.02 Å². The van der Waals surface area contributed by atoms with E-state index in [9.17, 15) is 9.36 Å². The van der Waals surface area contributed by atoms with E-state index in [1.54, 1.807) is 31.2 Å². The Kier molecular flexibility index (Phi) is 6.74. The third-order valence-corrected chi connectivity index (χ3v) is 8.42. The van der Waals surface area contributed by atoms with E-state index in [-0.39, 0.29) is 12.2 Å². The van der Waals surface area contributed by atoms with Gasteiger partial charge in [-0.25, -0.2) is 4.79 Å². The third kappa shape index (κ3) is 4.37. The summed E-state index contributed by atoms with van der Waals surface area (Å²) in [5.74, 6) is -0.556. The topological polar surface area (TPSA) is 43.4 Å². The van der Waals surface area contributed by atoms with Crippen LogP contribution in [0.25, 0.3) is 0 Å². The summed E-state index contributed by atoms with van der Waals surface area (Å²) in [6.45, 7) is 5.96. The predicted octanol–water partition coefficient (Wildman–Crippen LogP) is 5.51. The van der Waals surface area contributed by atoms with Crippen molar-refractivity contribution in [3.8, 4) is 0 Å². The molecule has 0 heterocycles. The van der Waals surface area contributed by atoms with Crippen molar-refractivity contribution in [2.75, 3.05) is 6.61 Å². The molecule has 148 valence electrons. The molecule has 3 rings (SSSR count). The first-order valence-corrected chi connectivity index (χ1v) is 11.5. The number of carbonyl (C=O) groups excluding carboxylic acids is 1. The van der Waals surface area contributed by atoms with Gasteiger partial charge in [0.15, 0.2) is 7.14 Å². The second-order valence-corrected chi connectivity index (χ2v) is 9.83. The van der Waals surface area contributed by atoms with Crippen LogP contribution in [-0.4, -0.2) is 12.6 Å². The molecule has 0 spiro atoms. The van der Waals surface area contributed by atoms with E-state index in [4.69, 9.17) is 16.3 Å². The van der Waals surface area contributed by atoms with Crippen molar-refractivity contribution < 1.29 is 14.1 Å². The summed E-state index contributed by atoms with van der Waals surface area (Å²) in [5, 5.41) is 1.86. The molecule has 0 saturated carbocycles. The van der Waals surface area contributed by atoms with Gasteiger partial charge in [-0.3, -0.25) is 0 Å². The van der Waals surface area contributed by atoms with Gasteiger partial charge >= 0.3 is 5.97 Å². The number of halogens is 1. The summed E-state index contributed by atoms with van der Waals surface area (Å²) in [5.41, 5.74) is 0.0809. The van der Waals surface area contributed by atoms with Crippen LogP contribution in [0.1, 0.15) is 18.1 Å². The van der Waals surface area contributed by atoms with Gasteiger partial charge in [0.2, 0.25) is 0 Å². The summed E-state index contributed by atoms with van der Waals surface area (Å²) in [7, 11) is -3.35. The minimum absolute atomic E-state index is 0.158. The van der Waals surface area contributed by atoms with E-state index in [2.05, 4.69) is 6.58 Å². The molecule has 0 amide bonds. The second-order valence-electron chi connectivity index (χ2n) is 6.53. The molecule has 0 aromatic heterocycles. The Balaban J connectivity index is 2.28. The Bertz CT molecular complexity index is 987. The molecule has 3 aromatic rings. The Labute approximate surface area is 176 Å². The fourth-order valence-electron chi connectivity index (χ4n) is 3.36. The molecular formula is C24H22ClO3P.